The number of anilines is 2. The largest absolute Gasteiger partial charge is 0.372 e. The number of halogens is 1. The van der Waals surface area contributed by atoms with Crippen molar-refractivity contribution >= 4 is 34.5 Å². The number of aryl methyl sites for hydroxylation is 1. The molecule has 1 aliphatic rings. The van der Waals surface area contributed by atoms with Crippen LogP contribution >= 0.6 is 11.6 Å². The summed E-state index contributed by atoms with van der Waals surface area (Å²) in [4.78, 5) is 19.9. The zero-order valence-corrected chi connectivity index (χ0v) is 16.2. The fraction of sp³-hybridized carbons (Fsp3) is 0.333. The molecule has 1 saturated heterocycles. The molecule has 2 aromatic heterocycles. The first-order chi connectivity index (χ1) is 13.2. The van der Waals surface area contributed by atoms with E-state index in [4.69, 9.17) is 11.6 Å². The van der Waals surface area contributed by atoms with E-state index in [0.717, 1.165) is 24.5 Å². The third-order valence-electron chi connectivity index (χ3n) is 5.06. The van der Waals surface area contributed by atoms with Crippen molar-refractivity contribution in [2.75, 3.05) is 23.3 Å². The van der Waals surface area contributed by atoms with Crippen LogP contribution in [0.5, 0.6) is 0 Å². The molecule has 3 heterocycles. The second kappa shape index (κ2) is 7.61. The maximum atomic E-state index is 12.9. The Morgan fingerprint density at radius 1 is 1.15 bits per heavy atom. The lowest BCUT2D eigenvalue weighted by molar-refractivity contribution is 0.102. The van der Waals surface area contributed by atoms with E-state index < -0.39 is 0 Å². The average molecular weight is 383 g/mol. The van der Waals surface area contributed by atoms with E-state index in [1.165, 1.54) is 24.9 Å². The Bertz CT molecular complexity index is 958. The molecule has 6 heteroatoms. The molecule has 0 aliphatic carbocycles. The summed E-state index contributed by atoms with van der Waals surface area (Å²) >= 11 is 6.05. The molecule has 0 unspecified atom stereocenters. The van der Waals surface area contributed by atoms with Crippen LogP contribution in [0.25, 0.3) is 5.65 Å². The lowest BCUT2D eigenvalue weighted by atomic mass is 10.1. The van der Waals surface area contributed by atoms with Crippen LogP contribution in [-0.2, 0) is 6.42 Å². The summed E-state index contributed by atoms with van der Waals surface area (Å²) < 4.78 is 1.79. The summed E-state index contributed by atoms with van der Waals surface area (Å²) in [6.07, 6.45) is 6.27. The third kappa shape index (κ3) is 3.65. The molecule has 0 spiro atoms. The molecule has 0 bridgehead atoms. The summed E-state index contributed by atoms with van der Waals surface area (Å²) in [6, 6.07) is 11.6. The number of carbonyl (C=O) groups is 1. The Morgan fingerprint density at radius 3 is 2.59 bits per heavy atom. The standard InChI is InChI=1S/C21H23ClN4O/c1-2-18-20(26-13-10-15(22)14-19(26)24-18)21(27)23-16-6-8-17(9-7-16)25-11-4-3-5-12-25/h6-10,13-14H,2-5,11-12H2,1H3,(H,23,27). The van der Waals surface area contributed by atoms with Gasteiger partial charge < -0.3 is 10.2 Å². The number of hydrogen-bond acceptors (Lipinski definition) is 3. The zero-order valence-electron chi connectivity index (χ0n) is 15.4. The van der Waals surface area contributed by atoms with Crippen LogP contribution in [0.3, 0.4) is 0 Å². The Balaban J connectivity index is 1.56. The Morgan fingerprint density at radius 2 is 1.89 bits per heavy atom. The Labute approximate surface area is 164 Å². The van der Waals surface area contributed by atoms with Gasteiger partial charge in [0.15, 0.2) is 0 Å². The topological polar surface area (TPSA) is 49.6 Å². The van der Waals surface area contributed by atoms with E-state index in [2.05, 4.69) is 27.3 Å². The van der Waals surface area contributed by atoms with Crippen LogP contribution in [0.1, 0.15) is 42.4 Å². The molecule has 1 fully saturated rings. The van der Waals surface area contributed by atoms with Crippen molar-refractivity contribution in [3.63, 3.8) is 0 Å². The quantitative estimate of drug-likeness (QED) is 0.705. The number of aromatic nitrogens is 2. The maximum absolute atomic E-state index is 12.9. The van der Waals surface area contributed by atoms with Gasteiger partial charge in [-0.15, -0.1) is 0 Å². The van der Waals surface area contributed by atoms with Gasteiger partial charge in [0.05, 0.1) is 5.69 Å². The lowest BCUT2D eigenvalue weighted by Gasteiger charge is -2.28. The molecular weight excluding hydrogens is 360 g/mol. The SMILES string of the molecule is CCc1nc2cc(Cl)ccn2c1C(=O)Nc1ccc(N2CCCCC2)cc1. The van der Waals surface area contributed by atoms with Crippen LogP contribution in [-0.4, -0.2) is 28.4 Å². The smallest absolute Gasteiger partial charge is 0.274 e. The van der Waals surface area contributed by atoms with Crippen molar-refractivity contribution in [2.45, 2.75) is 32.6 Å². The van der Waals surface area contributed by atoms with Crippen molar-refractivity contribution in [1.82, 2.24) is 9.38 Å². The average Bonchev–Trinajstić information content (AvgIpc) is 3.07. The number of hydrogen-bond donors (Lipinski definition) is 1. The van der Waals surface area contributed by atoms with Crippen molar-refractivity contribution in [1.29, 1.82) is 0 Å². The number of nitrogens with zero attached hydrogens (tertiary/aromatic N) is 3. The monoisotopic (exact) mass is 382 g/mol. The summed E-state index contributed by atoms with van der Waals surface area (Å²) in [6.45, 7) is 4.21. The van der Waals surface area contributed by atoms with Gasteiger partial charge in [-0.25, -0.2) is 4.98 Å². The van der Waals surface area contributed by atoms with Crippen molar-refractivity contribution in [2.24, 2.45) is 0 Å². The van der Waals surface area contributed by atoms with Crippen LogP contribution in [0.4, 0.5) is 11.4 Å². The lowest BCUT2D eigenvalue weighted by Crippen LogP contribution is -2.29. The Hall–Kier alpha value is -2.53. The molecule has 1 amide bonds. The van der Waals surface area contributed by atoms with Gasteiger partial charge in [-0.05, 0) is 56.0 Å². The van der Waals surface area contributed by atoms with Gasteiger partial charge in [-0.1, -0.05) is 18.5 Å². The number of piperidine rings is 1. The fourth-order valence-electron chi connectivity index (χ4n) is 3.65. The van der Waals surface area contributed by atoms with Crippen LogP contribution < -0.4 is 10.2 Å². The van der Waals surface area contributed by atoms with Crippen LogP contribution in [0.15, 0.2) is 42.6 Å². The van der Waals surface area contributed by atoms with E-state index in [-0.39, 0.29) is 5.91 Å². The van der Waals surface area contributed by atoms with E-state index in [9.17, 15) is 4.79 Å². The molecule has 1 aliphatic heterocycles. The fourth-order valence-corrected chi connectivity index (χ4v) is 3.81. The third-order valence-corrected chi connectivity index (χ3v) is 5.29. The first kappa shape index (κ1) is 17.9. The van der Waals surface area contributed by atoms with E-state index in [0.29, 0.717) is 22.8 Å². The molecule has 0 radical (unpaired) electrons. The number of nitrogens with one attached hydrogen (secondary N) is 1. The van der Waals surface area contributed by atoms with Crippen molar-refractivity contribution in [3.05, 3.63) is 59.0 Å². The molecule has 140 valence electrons. The molecule has 3 aromatic rings. The zero-order chi connectivity index (χ0) is 18.8. The van der Waals surface area contributed by atoms with Gasteiger partial charge in [0.1, 0.15) is 11.3 Å². The number of pyridine rings is 1. The molecule has 5 nitrogen and oxygen atoms in total. The maximum Gasteiger partial charge on any atom is 0.274 e. The summed E-state index contributed by atoms with van der Waals surface area (Å²) in [5, 5.41) is 3.61. The van der Waals surface area contributed by atoms with Gasteiger partial charge >= 0.3 is 0 Å². The second-order valence-electron chi connectivity index (χ2n) is 6.88. The number of carbonyl (C=O) groups excluding carboxylic acids is 1. The Kier molecular flexibility index (Phi) is 5.03. The van der Waals surface area contributed by atoms with Crippen molar-refractivity contribution < 1.29 is 4.79 Å². The minimum Gasteiger partial charge on any atom is -0.372 e. The molecule has 0 atom stereocenters. The number of benzene rings is 1. The molecule has 27 heavy (non-hydrogen) atoms. The highest BCUT2D eigenvalue weighted by Crippen LogP contribution is 2.23. The van der Waals surface area contributed by atoms with Crippen LogP contribution in [0, 0.1) is 0 Å². The molecule has 4 rings (SSSR count). The van der Waals surface area contributed by atoms with Gasteiger partial charge in [-0.2, -0.15) is 0 Å². The minimum absolute atomic E-state index is 0.160. The summed E-state index contributed by atoms with van der Waals surface area (Å²) in [5.41, 5.74) is 4.01. The summed E-state index contributed by atoms with van der Waals surface area (Å²) in [7, 11) is 0. The molecule has 1 aromatic carbocycles. The minimum atomic E-state index is -0.160. The molecule has 1 N–H and O–H groups in total. The highest BCUT2D eigenvalue weighted by molar-refractivity contribution is 6.30. The second-order valence-corrected chi connectivity index (χ2v) is 7.32. The number of amides is 1. The van der Waals surface area contributed by atoms with E-state index in [1.807, 2.05) is 19.1 Å². The van der Waals surface area contributed by atoms with Crippen LogP contribution in [0.2, 0.25) is 5.02 Å². The first-order valence-corrected chi connectivity index (χ1v) is 9.86. The van der Waals surface area contributed by atoms with Gasteiger partial charge in [0.25, 0.3) is 5.91 Å². The van der Waals surface area contributed by atoms with Gasteiger partial charge in [0, 0.05) is 41.8 Å². The number of imidazole rings is 1. The normalized spacial score (nSPS) is 14.5. The van der Waals surface area contributed by atoms with E-state index in [1.54, 1.807) is 22.7 Å². The highest BCUT2D eigenvalue weighted by Gasteiger charge is 2.19. The van der Waals surface area contributed by atoms with E-state index >= 15 is 0 Å². The van der Waals surface area contributed by atoms with Gasteiger partial charge in [-0.3, -0.25) is 9.20 Å². The predicted octanol–water partition coefficient (Wildman–Crippen LogP) is 4.79. The molecular formula is C21H23ClN4O. The number of fused-ring (bicyclic) bond motifs is 1. The first-order valence-electron chi connectivity index (χ1n) is 9.48. The predicted molar refractivity (Wildman–Crippen MR) is 110 cm³/mol. The van der Waals surface area contributed by atoms with Gasteiger partial charge in [0.2, 0.25) is 0 Å². The highest BCUT2D eigenvalue weighted by atomic mass is 35.5. The number of rotatable bonds is 4. The summed E-state index contributed by atoms with van der Waals surface area (Å²) in [5.74, 6) is -0.160. The van der Waals surface area contributed by atoms with Crippen molar-refractivity contribution in [3.8, 4) is 0 Å². The molecule has 0 saturated carbocycles.